The Bertz CT molecular complexity index is 64.0. The number of likely N-dealkylation sites (N-methyl/N-ethyl adjacent to an activating group) is 1. The first-order valence-corrected chi connectivity index (χ1v) is 2.68. The van der Waals surface area contributed by atoms with Crippen molar-refractivity contribution < 1.29 is 0 Å². The molecule has 0 saturated carbocycles. The molecule has 0 radical (unpaired) electrons. The molecule has 2 nitrogen and oxygen atoms in total. The van der Waals surface area contributed by atoms with Crippen molar-refractivity contribution in [1.29, 1.82) is 0 Å². The summed E-state index contributed by atoms with van der Waals surface area (Å²) in [6.45, 7) is 2.35. The molecule has 0 bridgehead atoms. The summed E-state index contributed by atoms with van der Waals surface area (Å²) < 4.78 is 0. The van der Waals surface area contributed by atoms with Crippen molar-refractivity contribution in [3.05, 3.63) is 0 Å². The molecule has 1 rings (SSSR count). The second-order valence-corrected chi connectivity index (χ2v) is 2.28. The molecule has 0 spiro atoms. The third-order valence-electron chi connectivity index (χ3n) is 1.49. The Morgan fingerprint density at radius 3 is 1.67 bits per heavy atom. The average Bonchev–Trinajstić information content (AvgIpc) is 1.23. The maximum atomic E-state index is 3.20. The zero-order valence-electron chi connectivity index (χ0n) is 5.76. The van der Waals surface area contributed by atoms with Gasteiger partial charge in [-0.1, -0.05) is 0 Å². The highest BCUT2D eigenvalue weighted by Gasteiger charge is 2.17. The first-order chi connectivity index (χ1) is 3.30. The van der Waals surface area contributed by atoms with Gasteiger partial charge >= 0.3 is 0 Å². The van der Waals surface area contributed by atoms with Gasteiger partial charge in [0.2, 0.25) is 0 Å². The van der Waals surface area contributed by atoms with E-state index in [0.717, 1.165) is 6.04 Å². The molecular weight excluding hydrogens is 159 g/mol. The summed E-state index contributed by atoms with van der Waals surface area (Å²) in [7, 11) is 4.23. The molecule has 9 heavy (non-hydrogen) atoms. The normalized spacial score (nSPS) is 17.7. The largest absolute Gasteiger partial charge is 0.314 e. The molecule has 0 aromatic carbocycles. The fraction of sp³-hybridized carbons (Fsp3) is 1.00. The van der Waals surface area contributed by atoms with Gasteiger partial charge in [0.1, 0.15) is 0 Å². The van der Waals surface area contributed by atoms with E-state index in [4.69, 9.17) is 0 Å². The zero-order valence-corrected chi connectivity index (χ0v) is 7.39. The smallest absolute Gasteiger partial charge is 0.0339 e. The molecule has 4 heteroatoms. The van der Waals surface area contributed by atoms with E-state index in [0.29, 0.717) is 0 Å². The SMILES string of the molecule is CN(C)C1CNC1.Cl.Cl. The van der Waals surface area contributed by atoms with Gasteiger partial charge in [-0.15, -0.1) is 24.8 Å². The summed E-state index contributed by atoms with van der Waals surface area (Å²) in [5.74, 6) is 0. The molecule has 0 aromatic heterocycles. The summed E-state index contributed by atoms with van der Waals surface area (Å²) in [6.07, 6.45) is 0. The van der Waals surface area contributed by atoms with Gasteiger partial charge in [-0.2, -0.15) is 0 Å². The summed E-state index contributed by atoms with van der Waals surface area (Å²) >= 11 is 0. The molecule has 58 valence electrons. The van der Waals surface area contributed by atoms with Crippen LogP contribution in [0.15, 0.2) is 0 Å². The van der Waals surface area contributed by atoms with Crippen LogP contribution in [0.25, 0.3) is 0 Å². The van der Waals surface area contributed by atoms with E-state index in [1.807, 2.05) is 0 Å². The number of hydrogen-bond donors (Lipinski definition) is 1. The minimum absolute atomic E-state index is 0. The first kappa shape index (κ1) is 12.2. The van der Waals surface area contributed by atoms with E-state index in [1.165, 1.54) is 13.1 Å². The van der Waals surface area contributed by atoms with Crippen molar-refractivity contribution in [2.75, 3.05) is 27.2 Å². The first-order valence-electron chi connectivity index (χ1n) is 2.68. The molecule has 0 unspecified atom stereocenters. The van der Waals surface area contributed by atoms with E-state index >= 15 is 0 Å². The van der Waals surface area contributed by atoms with Crippen molar-refractivity contribution in [1.82, 2.24) is 10.2 Å². The lowest BCUT2D eigenvalue weighted by atomic mass is 10.2. The Labute approximate surface area is 68.8 Å². The Balaban J connectivity index is 0. The molecule has 1 aliphatic heterocycles. The summed E-state index contributed by atoms with van der Waals surface area (Å²) in [6, 6.07) is 0.806. The lowest BCUT2D eigenvalue weighted by Crippen LogP contribution is -2.54. The van der Waals surface area contributed by atoms with Gasteiger partial charge in [0.15, 0.2) is 0 Å². The Hall–Kier alpha value is 0.500. The number of rotatable bonds is 1. The molecule has 0 aromatic rings. The monoisotopic (exact) mass is 172 g/mol. The predicted molar refractivity (Wildman–Crippen MR) is 44.8 cm³/mol. The molecule has 1 N–H and O–H groups in total. The van der Waals surface area contributed by atoms with Gasteiger partial charge in [0.25, 0.3) is 0 Å². The van der Waals surface area contributed by atoms with Gasteiger partial charge in [-0.25, -0.2) is 0 Å². The van der Waals surface area contributed by atoms with Crippen molar-refractivity contribution in [3.63, 3.8) is 0 Å². The van der Waals surface area contributed by atoms with Gasteiger partial charge in [0, 0.05) is 19.1 Å². The van der Waals surface area contributed by atoms with E-state index in [9.17, 15) is 0 Å². The van der Waals surface area contributed by atoms with E-state index in [-0.39, 0.29) is 24.8 Å². The summed E-state index contributed by atoms with van der Waals surface area (Å²) in [4.78, 5) is 2.25. The average molecular weight is 173 g/mol. The molecule has 0 atom stereocenters. The quantitative estimate of drug-likeness (QED) is 0.616. The van der Waals surface area contributed by atoms with Crippen LogP contribution in [0.4, 0.5) is 0 Å². The summed E-state index contributed by atoms with van der Waals surface area (Å²) in [5, 5.41) is 3.20. The number of nitrogens with zero attached hydrogens (tertiary/aromatic N) is 1. The molecule has 1 aliphatic rings. The van der Waals surface area contributed by atoms with Gasteiger partial charge in [-0.05, 0) is 14.1 Å². The lowest BCUT2D eigenvalue weighted by Gasteiger charge is -2.32. The van der Waals surface area contributed by atoms with E-state index < -0.39 is 0 Å². The number of nitrogens with one attached hydrogen (secondary N) is 1. The molecule has 1 fully saturated rings. The molecule has 0 aliphatic carbocycles. The Kier molecular flexibility index (Phi) is 7.18. The van der Waals surface area contributed by atoms with Crippen LogP contribution in [-0.2, 0) is 0 Å². The van der Waals surface area contributed by atoms with Gasteiger partial charge < -0.3 is 10.2 Å². The number of halogens is 2. The number of hydrogen-bond acceptors (Lipinski definition) is 2. The van der Waals surface area contributed by atoms with Gasteiger partial charge in [-0.3, -0.25) is 0 Å². The van der Waals surface area contributed by atoms with Crippen molar-refractivity contribution >= 4 is 24.8 Å². The molecule has 1 saturated heterocycles. The maximum Gasteiger partial charge on any atom is 0.0339 e. The third kappa shape index (κ3) is 3.26. The van der Waals surface area contributed by atoms with Crippen LogP contribution in [0.2, 0.25) is 0 Å². The third-order valence-corrected chi connectivity index (χ3v) is 1.49. The van der Waals surface area contributed by atoms with Gasteiger partial charge in [0.05, 0.1) is 0 Å². The molecule has 1 heterocycles. The fourth-order valence-electron chi connectivity index (χ4n) is 0.639. The van der Waals surface area contributed by atoms with Crippen LogP contribution < -0.4 is 5.32 Å². The predicted octanol–water partition coefficient (Wildman–Crippen LogP) is 0.363. The lowest BCUT2D eigenvalue weighted by molar-refractivity contribution is 0.216. The standard InChI is InChI=1S/C5H12N2.2ClH/c1-7(2)5-3-6-4-5;;/h5-6H,3-4H2,1-2H3;2*1H. The minimum Gasteiger partial charge on any atom is -0.314 e. The second-order valence-electron chi connectivity index (χ2n) is 2.28. The van der Waals surface area contributed by atoms with Crippen LogP contribution in [-0.4, -0.2) is 38.1 Å². The van der Waals surface area contributed by atoms with Crippen LogP contribution in [0.3, 0.4) is 0 Å². The van der Waals surface area contributed by atoms with Crippen molar-refractivity contribution in [2.24, 2.45) is 0 Å². The molecular formula is C5H14Cl2N2. The highest BCUT2D eigenvalue weighted by Crippen LogP contribution is 1.96. The molecule has 0 amide bonds. The zero-order chi connectivity index (χ0) is 5.28. The van der Waals surface area contributed by atoms with Crippen LogP contribution in [0, 0.1) is 0 Å². The van der Waals surface area contributed by atoms with E-state index in [2.05, 4.69) is 24.3 Å². The Morgan fingerprint density at radius 2 is 1.67 bits per heavy atom. The van der Waals surface area contributed by atoms with Crippen molar-refractivity contribution in [2.45, 2.75) is 6.04 Å². The fourth-order valence-corrected chi connectivity index (χ4v) is 0.639. The van der Waals surface area contributed by atoms with Crippen LogP contribution in [0.1, 0.15) is 0 Å². The summed E-state index contributed by atoms with van der Waals surface area (Å²) in [5.41, 5.74) is 0. The maximum absolute atomic E-state index is 3.20. The minimum atomic E-state index is 0. The second kappa shape index (κ2) is 5.30. The topological polar surface area (TPSA) is 15.3 Å². The Morgan fingerprint density at radius 1 is 1.22 bits per heavy atom. The van der Waals surface area contributed by atoms with Crippen LogP contribution >= 0.6 is 24.8 Å². The van der Waals surface area contributed by atoms with Crippen LogP contribution in [0.5, 0.6) is 0 Å². The highest BCUT2D eigenvalue weighted by molar-refractivity contribution is 5.85. The highest BCUT2D eigenvalue weighted by atomic mass is 35.5. The van der Waals surface area contributed by atoms with E-state index in [1.54, 1.807) is 0 Å². The van der Waals surface area contributed by atoms with Crippen molar-refractivity contribution in [3.8, 4) is 0 Å².